The van der Waals surface area contributed by atoms with Gasteiger partial charge >= 0.3 is 0 Å². The molecule has 0 unspecified atom stereocenters. The molecule has 0 atom stereocenters. The molecule has 0 aliphatic carbocycles. The lowest BCUT2D eigenvalue weighted by molar-refractivity contribution is 0.0952. The third-order valence-corrected chi connectivity index (χ3v) is 2.83. The van der Waals surface area contributed by atoms with Gasteiger partial charge in [-0.3, -0.25) is 4.79 Å². The number of rotatable bonds is 7. The van der Waals surface area contributed by atoms with Gasteiger partial charge in [0, 0.05) is 12.1 Å². The summed E-state index contributed by atoms with van der Waals surface area (Å²) >= 11 is 0. The fourth-order valence-corrected chi connectivity index (χ4v) is 1.77. The highest BCUT2D eigenvalue weighted by atomic mass is 16.1. The number of benzene rings is 1. The second-order valence-electron chi connectivity index (χ2n) is 4.33. The molecule has 0 aliphatic rings. The summed E-state index contributed by atoms with van der Waals surface area (Å²) < 4.78 is 0. The van der Waals surface area contributed by atoms with Gasteiger partial charge in [-0.2, -0.15) is 0 Å². The van der Waals surface area contributed by atoms with E-state index in [1.165, 1.54) is 25.7 Å². The molecule has 0 heterocycles. The number of carbonyl (C=O) groups excluding carboxylic acids is 1. The zero-order valence-corrected chi connectivity index (χ0v) is 10.7. The molecule has 17 heavy (non-hydrogen) atoms. The second-order valence-corrected chi connectivity index (χ2v) is 4.33. The van der Waals surface area contributed by atoms with Crippen molar-refractivity contribution in [1.29, 1.82) is 0 Å². The van der Waals surface area contributed by atoms with Crippen molar-refractivity contribution in [2.24, 2.45) is 0 Å². The molecule has 1 N–H and O–H groups in total. The zero-order chi connectivity index (χ0) is 12.5. The van der Waals surface area contributed by atoms with Crippen LogP contribution in [0.15, 0.2) is 24.3 Å². The van der Waals surface area contributed by atoms with Gasteiger partial charge in [0.15, 0.2) is 0 Å². The van der Waals surface area contributed by atoms with Crippen molar-refractivity contribution >= 4 is 5.91 Å². The van der Waals surface area contributed by atoms with Crippen LogP contribution in [0.1, 0.15) is 54.9 Å². The number of hydrogen-bond donors (Lipinski definition) is 1. The predicted molar refractivity (Wildman–Crippen MR) is 72.0 cm³/mol. The van der Waals surface area contributed by atoms with E-state index in [0.717, 1.165) is 18.5 Å². The molecular formula is C15H22NO. The van der Waals surface area contributed by atoms with Crippen molar-refractivity contribution < 1.29 is 4.79 Å². The molecule has 2 heteroatoms. The van der Waals surface area contributed by atoms with E-state index < -0.39 is 0 Å². The largest absolute Gasteiger partial charge is 0.352 e. The van der Waals surface area contributed by atoms with Crippen LogP contribution in [0.4, 0.5) is 0 Å². The Balaban J connectivity index is 2.24. The first kappa shape index (κ1) is 13.8. The quantitative estimate of drug-likeness (QED) is 0.715. The number of nitrogens with one attached hydrogen (secondary N) is 1. The maximum Gasteiger partial charge on any atom is 0.251 e. The van der Waals surface area contributed by atoms with Crippen molar-refractivity contribution in [3.63, 3.8) is 0 Å². The molecule has 0 bridgehead atoms. The van der Waals surface area contributed by atoms with Crippen LogP contribution in [0.5, 0.6) is 0 Å². The maximum absolute atomic E-state index is 11.8. The second kappa shape index (κ2) is 7.88. The Morgan fingerprint density at radius 2 is 1.88 bits per heavy atom. The SMILES string of the molecule is [CH2]c1ccccc1C(=O)NCCCCCCC. The first-order chi connectivity index (χ1) is 8.25. The molecule has 0 saturated carbocycles. The summed E-state index contributed by atoms with van der Waals surface area (Å²) in [7, 11) is 0. The predicted octanol–water partition coefficient (Wildman–Crippen LogP) is 3.57. The van der Waals surface area contributed by atoms with Crippen LogP contribution in [0.2, 0.25) is 0 Å². The van der Waals surface area contributed by atoms with E-state index in [-0.39, 0.29) is 5.91 Å². The van der Waals surface area contributed by atoms with Crippen LogP contribution in [0.25, 0.3) is 0 Å². The molecule has 0 saturated heterocycles. The van der Waals surface area contributed by atoms with E-state index in [9.17, 15) is 4.79 Å². The summed E-state index contributed by atoms with van der Waals surface area (Å²) in [5, 5.41) is 2.94. The summed E-state index contributed by atoms with van der Waals surface area (Å²) in [4.78, 5) is 11.8. The lowest BCUT2D eigenvalue weighted by atomic mass is 10.1. The van der Waals surface area contributed by atoms with E-state index in [2.05, 4.69) is 19.2 Å². The zero-order valence-electron chi connectivity index (χ0n) is 10.7. The molecule has 0 fully saturated rings. The summed E-state index contributed by atoms with van der Waals surface area (Å²) in [6.07, 6.45) is 6.06. The Morgan fingerprint density at radius 1 is 1.18 bits per heavy atom. The Labute approximate surface area is 104 Å². The smallest absolute Gasteiger partial charge is 0.251 e. The fraction of sp³-hybridized carbons (Fsp3) is 0.467. The average Bonchev–Trinajstić information content (AvgIpc) is 2.34. The van der Waals surface area contributed by atoms with Crippen LogP contribution in [-0.4, -0.2) is 12.5 Å². The highest BCUT2D eigenvalue weighted by Gasteiger charge is 2.06. The fourth-order valence-electron chi connectivity index (χ4n) is 1.77. The van der Waals surface area contributed by atoms with Gasteiger partial charge in [0.2, 0.25) is 0 Å². The highest BCUT2D eigenvalue weighted by Crippen LogP contribution is 2.06. The lowest BCUT2D eigenvalue weighted by Crippen LogP contribution is -2.25. The van der Waals surface area contributed by atoms with Gasteiger partial charge in [-0.05, 0) is 25.0 Å². The molecule has 1 amide bonds. The number of carbonyl (C=O) groups is 1. The monoisotopic (exact) mass is 232 g/mol. The summed E-state index contributed by atoms with van der Waals surface area (Å²) in [5.74, 6) is -0.00825. The highest BCUT2D eigenvalue weighted by molar-refractivity contribution is 5.95. The number of unbranched alkanes of at least 4 members (excludes halogenated alkanes) is 4. The molecule has 2 nitrogen and oxygen atoms in total. The Bertz CT molecular complexity index is 347. The summed E-state index contributed by atoms with van der Waals surface area (Å²) in [6, 6.07) is 7.43. The minimum atomic E-state index is -0.00825. The van der Waals surface area contributed by atoms with Gasteiger partial charge in [0.1, 0.15) is 0 Å². The number of hydrogen-bond acceptors (Lipinski definition) is 1. The summed E-state index contributed by atoms with van der Waals surface area (Å²) in [6.45, 7) is 6.81. The average molecular weight is 232 g/mol. The molecule has 1 radical (unpaired) electrons. The molecule has 93 valence electrons. The van der Waals surface area contributed by atoms with Crippen LogP contribution in [0, 0.1) is 6.92 Å². The summed E-state index contributed by atoms with van der Waals surface area (Å²) in [5.41, 5.74) is 1.47. The standard InChI is InChI=1S/C15H22NO/c1-3-4-5-6-9-12-16-15(17)14-11-8-7-10-13(14)2/h7-8,10-11H,2-6,9,12H2,1H3,(H,16,17). The van der Waals surface area contributed by atoms with Gasteiger partial charge in [-0.15, -0.1) is 0 Å². The van der Waals surface area contributed by atoms with Gasteiger partial charge in [-0.1, -0.05) is 50.8 Å². The van der Waals surface area contributed by atoms with Gasteiger partial charge < -0.3 is 5.32 Å². The van der Waals surface area contributed by atoms with E-state index >= 15 is 0 Å². The van der Waals surface area contributed by atoms with Crippen molar-refractivity contribution in [1.82, 2.24) is 5.32 Å². The third-order valence-electron chi connectivity index (χ3n) is 2.83. The van der Waals surface area contributed by atoms with Crippen molar-refractivity contribution in [3.8, 4) is 0 Å². The van der Waals surface area contributed by atoms with Crippen LogP contribution in [-0.2, 0) is 0 Å². The van der Waals surface area contributed by atoms with Crippen LogP contribution >= 0.6 is 0 Å². The van der Waals surface area contributed by atoms with E-state index in [0.29, 0.717) is 5.56 Å². The van der Waals surface area contributed by atoms with Crippen molar-refractivity contribution in [2.45, 2.75) is 39.0 Å². The maximum atomic E-state index is 11.8. The molecule has 1 aromatic rings. The Hall–Kier alpha value is -1.31. The van der Waals surface area contributed by atoms with E-state index in [1.54, 1.807) is 0 Å². The Morgan fingerprint density at radius 3 is 2.59 bits per heavy atom. The van der Waals surface area contributed by atoms with Gasteiger partial charge in [0.05, 0.1) is 0 Å². The molecule has 0 spiro atoms. The first-order valence-electron chi connectivity index (χ1n) is 6.45. The first-order valence-corrected chi connectivity index (χ1v) is 6.45. The normalized spacial score (nSPS) is 10.2. The van der Waals surface area contributed by atoms with E-state index in [4.69, 9.17) is 0 Å². The van der Waals surface area contributed by atoms with Crippen LogP contribution in [0.3, 0.4) is 0 Å². The molecular weight excluding hydrogens is 210 g/mol. The van der Waals surface area contributed by atoms with Gasteiger partial charge in [-0.25, -0.2) is 0 Å². The van der Waals surface area contributed by atoms with E-state index in [1.807, 2.05) is 24.3 Å². The van der Waals surface area contributed by atoms with Gasteiger partial charge in [0.25, 0.3) is 5.91 Å². The molecule has 0 aliphatic heterocycles. The lowest BCUT2D eigenvalue weighted by Gasteiger charge is -2.07. The van der Waals surface area contributed by atoms with Crippen molar-refractivity contribution in [3.05, 3.63) is 42.3 Å². The number of amides is 1. The molecule has 1 rings (SSSR count). The molecule has 1 aromatic carbocycles. The van der Waals surface area contributed by atoms with Crippen molar-refractivity contribution in [2.75, 3.05) is 6.54 Å². The Kier molecular flexibility index (Phi) is 6.38. The topological polar surface area (TPSA) is 29.1 Å². The third kappa shape index (κ3) is 5.03. The minimum absolute atomic E-state index is 0.00825. The van der Waals surface area contributed by atoms with Crippen LogP contribution < -0.4 is 5.32 Å². The molecule has 0 aromatic heterocycles. The minimum Gasteiger partial charge on any atom is -0.352 e.